The predicted molar refractivity (Wildman–Crippen MR) is 116 cm³/mol. The first-order valence-electron chi connectivity index (χ1n) is 10.2. The number of benzene rings is 2. The second-order valence-corrected chi connectivity index (χ2v) is 7.69. The lowest BCUT2D eigenvalue weighted by Crippen LogP contribution is -2.47. The fourth-order valence-corrected chi connectivity index (χ4v) is 3.89. The van der Waals surface area contributed by atoms with Crippen LogP contribution < -0.4 is 21.1 Å². The third kappa shape index (κ3) is 4.39. The molecule has 0 saturated carbocycles. The third-order valence-electron chi connectivity index (χ3n) is 5.58. The quantitative estimate of drug-likeness (QED) is 0.644. The monoisotopic (exact) mass is 445 g/mol. The lowest BCUT2D eigenvalue weighted by Gasteiger charge is -2.33. The second-order valence-electron chi connectivity index (χ2n) is 7.69. The number of carbonyl (C=O) groups excluding carboxylic acids is 1. The summed E-state index contributed by atoms with van der Waals surface area (Å²) in [7, 11) is 1.70. The largest absolute Gasteiger partial charge is 0.418 e. The zero-order valence-electron chi connectivity index (χ0n) is 17.3. The van der Waals surface area contributed by atoms with Crippen molar-refractivity contribution in [2.45, 2.75) is 25.1 Å². The summed E-state index contributed by atoms with van der Waals surface area (Å²) in [6.07, 6.45) is -3.49. The highest BCUT2D eigenvalue weighted by molar-refractivity contribution is 5.90. The van der Waals surface area contributed by atoms with Crippen LogP contribution in [0, 0.1) is 0 Å². The predicted octanol–water partition coefficient (Wildman–Crippen LogP) is 3.74. The lowest BCUT2D eigenvalue weighted by atomic mass is 10.1. The van der Waals surface area contributed by atoms with Gasteiger partial charge in [-0.3, -0.25) is 4.79 Å². The van der Waals surface area contributed by atoms with Crippen LogP contribution in [-0.2, 0) is 13.2 Å². The first kappa shape index (κ1) is 21.7. The van der Waals surface area contributed by atoms with E-state index in [1.54, 1.807) is 11.6 Å². The van der Waals surface area contributed by atoms with Crippen LogP contribution in [0.25, 0.3) is 11.0 Å². The number of amides is 2. The summed E-state index contributed by atoms with van der Waals surface area (Å²) in [5, 5.41) is 5.02. The van der Waals surface area contributed by atoms with Crippen molar-refractivity contribution < 1.29 is 18.0 Å². The van der Waals surface area contributed by atoms with Gasteiger partial charge in [0, 0.05) is 26.2 Å². The normalized spacial score (nSPS) is 15.1. The highest BCUT2D eigenvalue weighted by atomic mass is 19.4. The molecule has 0 aliphatic carbocycles. The molecule has 0 radical (unpaired) electrons. The molecule has 0 atom stereocenters. The molecule has 3 aromatic rings. The number of aromatic nitrogens is 2. The van der Waals surface area contributed by atoms with E-state index < -0.39 is 17.8 Å². The summed E-state index contributed by atoms with van der Waals surface area (Å²) in [6, 6.07) is 11.3. The molecule has 2 N–H and O–H groups in total. The Kier molecular flexibility index (Phi) is 5.77. The van der Waals surface area contributed by atoms with Crippen molar-refractivity contribution in [1.29, 1.82) is 0 Å². The van der Waals surface area contributed by atoms with E-state index in [1.807, 2.05) is 29.2 Å². The molecule has 0 unspecified atom stereocenters. The zero-order valence-corrected chi connectivity index (χ0v) is 17.3. The van der Waals surface area contributed by atoms with Crippen molar-refractivity contribution in [3.05, 3.63) is 64.4 Å². The number of piperidine rings is 1. The third-order valence-corrected chi connectivity index (χ3v) is 5.58. The van der Waals surface area contributed by atoms with Gasteiger partial charge in [-0.2, -0.15) is 13.2 Å². The van der Waals surface area contributed by atoms with Crippen molar-refractivity contribution in [2.24, 2.45) is 7.05 Å². The number of anilines is 2. The Labute approximate surface area is 181 Å². The number of halogens is 3. The SMILES string of the molecule is Cn1c(=O)c(N2CCC(NC(=O)Nc3ccccc3C(F)(F)F)CC2)nc2ccccc21. The Morgan fingerprint density at radius 3 is 2.44 bits per heavy atom. The molecule has 1 aromatic heterocycles. The molecule has 10 heteroatoms. The van der Waals surface area contributed by atoms with E-state index >= 15 is 0 Å². The molecule has 7 nitrogen and oxygen atoms in total. The van der Waals surface area contributed by atoms with E-state index in [2.05, 4.69) is 15.6 Å². The summed E-state index contributed by atoms with van der Waals surface area (Å²) >= 11 is 0. The smallest absolute Gasteiger partial charge is 0.352 e. The Hall–Kier alpha value is -3.56. The molecule has 0 bridgehead atoms. The molecular formula is C22H22F3N5O2. The van der Waals surface area contributed by atoms with Crippen molar-refractivity contribution in [3.63, 3.8) is 0 Å². The molecule has 0 spiro atoms. The van der Waals surface area contributed by atoms with Crippen molar-refractivity contribution in [3.8, 4) is 0 Å². The van der Waals surface area contributed by atoms with Gasteiger partial charge in [0.15, 0.2) is 5.82 Å². The second kappa shape index (κ2) is 8.52. The zero-order chi connectivity index (χ0) is 22.9. The van der Waals surface area contributed by atoms with Crippen LogP contribution in [0.1, 0.15) is 18.4 Å². The van der Waals surface area contributed by atoms with Crippen molar-refractivity contribution >= 4 is 28.6 Å². The summed E-state index contributed by atoms with van der Waals surface area (Å²) < 4.78 is 40.9. The summed E-state index contributed by atoms with van der Waals surface area (Å²) in [4.78, 5) is 31.4. The van der Waals surface area contributed by atoms with Gasteiger partial charge in [0.05, 0.1) is 22.3 Å². The lowest BCUT2D eigenvalue weighted by molar-refractivity contribution is -0.136. The van der Waals surface area contributed by atoms with Crippen LogP contribution in [-0.4, -0.2) is 34.7 Å². The number of hydrogen-bond donors (Lipinski definition) is 2. The minimum Gasteiger partial charge on any atom is -0.352 e. The molecule has 1 aliphatic heterocycles. The average Bonchev–Trinajstić information content (AvgIpc) is 2.76. The van der Waals surface area contributed by atoms with Crippen LogP contribution >= 0.6 is 0 Å². The number of carbonyl (C=O) groups is 1. The number of nitrogens with zero attached hydrogens (tertiary/aromatic N) is 3. The highest BCUT2D eigenvalue weighted by Crippen LogP contribution is 2.34. The topological polar surface area (TPSA) is 79.3 Å². The molecule has 4 rings (SSSR count). The first-order chi connectivity index (χ1) is 15.2. The Balaban J connectivity index is 1.40. The molecule has 32 heavy (non-hydrogen) atoms. The molecular weight excluding hydrogens is 423 g/mol. The maximum Gasteiger partial charge on any atom is 0.418 e. The maximum absolute atomic E-state index is 13.1. The number of alkyl halides is 3. The number of para-hydroxylation sites is 3. The Morgan fingerprint density at radius 2 is 1.72 bits per heavy atom. The summed E-state index contributed by atoms with van der Waals surface area (Å²) in [5.41, 5.74) is 0.0692. The average molecular weight is 445 g/mol. The molecule has 2 aromatic carbocycles. The van der Waals surface area contributed by atoms with E-state index in [-0.39, 0.29) is 17.3 Å². The van der Waals surface area contributed by atoms with Gasteiger partial charge >= 0.3 is 12.2 Å². The number of hydrogen-bond acceptors (Lipinski definition) is 4. The molecule has 2 heterocycles. The van der Waals surface area contributed by atoms with Crippen LogP contribution in [0.2, 0.25) is 0 Å². The number of urea groups is 1. The van der Waals surface area contributed by atoms with Gasteiger partial charge in [-0.1, -0.05) is 24.3 Å². The number of nitrogens with one attached hydrogen (secondary N) is 2. The highest BCUT2D eigenvalue weighted by Gasteiger charge is 2.33. The van der Waals surface area contributed by atoms with Gasteiger partial charge in [-0.25, -0.2) is 9.78 Å². The molecule has 168 valence electrons. The van der Waals surface area contributed by atoms with Crippen LogP contribution in [0.15, 0.2) is 53.3 Å². The van der Waals surface area contributed by atoms with E-state index in [4.69, 9.17) is 0 Å². The van der Waals surface area contributed by atoms with Gasteiger partial charge in [0.2, 0.25) is 0 Å². The van der Waals surface area contributed by atoms with Crippen LogP contribution in [0.3, 0.4) is 0 Å². The standard InChI is InChI=1S/C22H22F3N5O2/c1-29-18-9-5-4-8-17(18)27-19(20(29)31)30-12-10-14(11-13-30)26-21(32)28-16-7-3-2-6-15(16)22(23,24)25/h2-9,14H,10-13H2,1H3,(H2,26,28,32). The van der Waals surface area contributed by atoms with Crippen molar-refractivity contribution in [1.82, 2.24) is 14.9 Å². The Morgan fingerprint density at radius 1 is 1.06 bits per heavy atom. The molecule has 1 aliphatic rings. The van der Waals surface area contributed by atoms with Crippen molar-refractivity contribution in [2.75, 3.05) is 23.3 Å². The molecule has 1 fully saturated rings. The fraction of sp³-hybridized carbons (Fsp3) is 0.318. The van der Waals surface area contributed by atoms with Gasteiger partial charge in [-0.05, 0) is 37.1 Å². The van der Waals surface area contributed by atoms with E-state index in [9.17, 15) is 22.8 Å². The van der Waals surface area contributed by atoms with Gasteiger partial charge in [-0.15, -0.1) is 0 Å². The molecule has 1 saturated heterocycles. The summed E-state index contributed by atoms with van der Waals surface area (Å²) in [5.74, 6) is 0.355. The number of rotatable bonds is 3. The van der Waals surface area contributed by atoms with E-state index in [0.717, 1.165) is 11.6 Å². The molecule has 2 amide bonds. The first-order valence-corrected chi connectivity index (χ1v) is 10.2. The van der Waals surface area contributed by atoms with Gasteiger partial charge in [0.1, 0.15) is 0 Å². The summed E-state index contributed by atoms with van der Waals surface area (Å²) in [6.45, 7) is 0.981. The van der Waals surface area contributed by atoms with Crippen LogP contribution in [0.4, 0.5) is 29.5 Å². The van der Waals surface area contributed by atoms with Crippen LogP contribution in [0.5, 0.6) is 0 Å². The minimum absolute atomic E-state index is 0.198. The van der Waals surface area contributed by atoms with Gasteiger partial charge < -0.3 is 20.1 Å². The fourth-order valence-electron chi connectivity index (χ4n) is 3.89. The maximum atomic E-state index is 13.1. The van der Waals surface area contributed by atoms with E-state index in [0.29, 0.717) is 37.3 Å². The van der Waals surface area contributed by atoms with E-state index in [1.165, 1.54) is 18.2 Å². The minimum atomic E-state index is -4.56. The van der Waals surface area contributed by atoms with Gasteiger partial charge in [0.25, 0.3) is 5.56 Å². The Bertz CT molecular complexity index is 1200. The number of fused-ring (bicyclic) bond motifs is 1. The number of aryl methyl sites for hydroxylation is 1.